The average molecular weight is 494 g/mol. The minimum absolute atomic E-state index is 0.263. The normalized spacial score (nSPS) is 22.2. The Morgan fingerprint density at radius 2 is 1.58 bits per heavy atom. The van der Waals surface area contributed by atoms with E-state index in [1.165, 1.54) is 32.5 Å². The molecule has 0 bridgehead atoms. The lowest BCUT2D eigenvalue weighted by atomic mass is 10.1. The van der Waals surface area contributed by atoms with Crippen molar-refractivity contribution in [2.24, 2.45) is 0 Å². The van der Waals surface area contributed by atoms with Crippen molar-refractivity contribution in [3.8, 4) is 16.9 Å². The number of nitrogens with zero attached hydrogens (tertiary/aromatic N) is 1. The molecule has 33 heavy (non-hydrogen) atoms. The van der Waals surface area contributed by atoms with Crippen LogP contribution < -0.4 is 4.74 Å². The zero-order chi connectivity index (χ0) is 24.1. The number of ether oxygens (including phenoxy) is 4. The van der Waals surface area contributed by atoms with E-state index in [9.17, 15) is 14.4 Å². The van der Waals surface area contributed by atoms with Gasteiger partial charge in [0.25, 0.3) is 0 Å². The zero-order valence-electron chi connectivity index (χ0n) is 18.6. The molecular formula is C23H24ClNO7S. The molecule has 10 heteroatoms. The second-order valence-corrected chi connectivity index (χ2v) is 8.99. The van der Waals surface area contributed by atoms with Gasteiger partial charge in [-0.15, -0.1) is 11.8 Å². The molecule has 8 nitrogen and oxygen atoms in total. The first-order valence-corrected chi connectivity index (χ1v) is 11.6. The first-order valence-electron chi connectivity index (χ1n) is 10.2. The fraction of sp³-hybridized carbons (Fsp3) is 0.391. The number of aromatic nitrogens is 1. The van der Waals surface area contributed by atoms with Crippen molar-refractivity contribution in [2.75, 3.05) is 5.75 Å². The maximum Gasteiger partial charge on any atom is 0.303 e. The van der Waals surface area contributed by atoms with Crippen LogP contribution >= 0.6 is 23.4 Å². The van der Waals surface area contributed by atoms with Crippen LogP contribution in [0.5, 0.6) is 5.75 Å². The Hall–Kier alpha value is -2.78. The first kappa shape index (κ1) is 24.9. The summed E-state index contributed by atoms with van der Waals surface area (Å²) in [6.07, 6.45) is -1.12. The van der Waals surface area contributed by atoms with Gasteiger partial charge in [-0.3, -0.25) is 19.4 Å². The van der Waals surface area contributed by atoms with E-state index in [0.29, 0.717) is 10.8 Å². The molecule has 4 atom stereocenters. The number of hydrogen-bond acceptors (Lipinski definition) is 9. The zero-order valence-corrected chi connectivity index (χ0v) is 20.1. The van der Waals surface area contributed by atoms with E-state index in [1.54, 1.807) is 18.3 Å². The summed E-state index contributed by atoms with van der Waals surface area (Å²) in [7, 11) is 0. The van der Waals surface area contributed by atoms with Gasteiger partial charge in [0.05, 0.1) is 5.02 Å². The lowest BCUT2D eigenvalue weighted by Gasteiger charge is -2.40. The molecule has 0 aliphatic carbocycles. The molecule has 0 spiro atoms. The van der Waals surface area contributed by atoms with Crippen LogP contribution in [0.1, 0.15) is 26.5 Å². The maximum absolute atomic E-state index is 11.8. The van der Waals surface area contributed by atoms with Gasteiger partial charge in [-0.05, 0) is 30.7 Å². The van der Waals surface area contributed by atoms with Crippen LogP contribution in [0.15, 0.2) is 36.5 Å². The summed E-state index contributed by atoms with van der Waals surface area (Å²) in [4.78, 5) is 39.4. The molecule has 1 aromatic carbocycles. The van der Waals surface area contributed by atoms with E-state index < -0.39 is 41.7 Å². The molecule has 3 rings (SSSR count). The van der Waals surface area contributed by atoms with Gasteiger partial charge in [-0.1, -0.05) is 23.7 Å². The summed E-state index contributed by atoms with van der Waals surface area (Å²) in [5.74, 6) is -1.12. The van der Waals surface area contributed by atoms with Crippen LogP contribution in [0, 0.1) is 6.92 Å². The van der Waals surface area contributed by atoms with Crippen molar-refractivity contribution in [1.29, 1.82) is 0 Å². The molecule has 1 aliphatic heterocycles. The standard InChI is InChI=1S/C23H24ClNO7S/c1-12-5-6-17(10-25-12)16-7-8-18(24)19(9-16)32-23-22(31-15(4)28)21(30-14(3)27)20(11-33-23)29-13(2)26/h5-10,20-23H,11H2,1-4H3/t20-,21+,22-,23-/m1/s1. The Balaban J connectivity index is 1.91. The molecule has 0 amide bonds. The summed E-state index contributed by atoms with van der Waals surface area (Å²) in [6, 6.07) is 9.14. The molecule has 0 saturated carbocycles. The molecular weight excluding hydrogens is 470 g/mol. The molecule has 0 radical (unpaired) electrons. The predicted octanol–water partition coefficient (Wildman–Crippen LogP) is 3.96. The number of aryl methyl sites for hydroxylation is 1. The van der Waals surface area contributed by atoms with Gasteiger partial charge in [0.15, 0.2) is 23.7 Å². The van der Waals surface area contributed by atoms with Crippen LogP contribution in [0.4, 0.5) is 0 Å². The highest BCUT2D eigenvalue weighted by molar-refractivity contribution is 7.99. The van der Waals surface area contributed by atoms with Crippen molar-refractivity contribution in [1.82, 2.24) is 4.98 Å². The summed E-state index contributed by atoms with van der Waals surface area (Å²) >= 11 is 7.65. The maximum atomic E-state index is 11.8. The number of halogens is 1. The number of thioether (sulfide) groups is 1. The molecule has 176 valence electrons. The minimum Gasteiger partial charge on any atom is -0.474 e. The van der Waals surface area contributed by atoms with Crippen LogP contribution in [-0.4, -0.2) is 52.4 Å². The second kappa shape index (κ2) is 10.9. The SMILES string of the molecule is CC(=O)O[C@@H]1[C@@H](OC(C)=O)[C@H](OC(C)=O)CS[C@H]1Oc1cc(-c2ccc(C)nc2)ccc1Cl. The Bertz CT molecular complexity index is 1030. The Morgan fingerprint density at radius 1 is 0.939 bits per heavy atom. The van der Waals surface area contributed by atoms with Gasteiger partial charge >= 0.3 is 17.9 Å². The monoisotopic (exact) mass is 493 g/mol. The average Bonchev–Trinajstić information content (AvgIpc) is 2.73. The van der Waals surface area contributed by atoms with E-state index in [1.807, 2.05) is 25.1 Å². The van der Waals surface area contributed by atoms with E-state index >= 15 is 0 Å². The van der Waals surface area contributed by atoms with Crippen molar-refractivity contribution < 1.29 is 33.3 Å². The fourth-order valence-corrected chi connectivity index (χ4v) is 4.72. The number of carbonyl (C=O) groups excluding carboxylic acids is 3. The Labute approximate surface area is 200 Å². The summed E-state index contributed by atoms with van der Waals surface area (Å²) < 4.78 is 22.3. The third-order valence-electron chi connectivity index (χ3n) is 4.72. The number of pyridine rings is 1. The van der Waals surface area contributed by atoms with E-state index in [2.05, 4.69) is 4.98 Å². The quantitative estimate of drug-likeness (QED) is 0.437. The van der Waals surface area contributed by atoms with Gasteiger partial charge in [-0.2, -0.15) is 0 Å². The smallest absolute Gasteiger partial charge is 0.303 e. The molecule has 0 unspecified atom stereocenters. The molecule has 2 heterocycles. The number of carbonyl (C=O) groups is 3. The summed E-state index contributed by atoms with van der Waals surface area (Å²) in [5.41, 5.74) is 1.84. The van der Waals surface area contributed by atoms with Crippen molar-refractivity contribution in [2.45, 2.75) is 51.4 Å². The van der Waals surface area contributed by atoms with Gasteiger partial charge in [-0.25, -0.2) is 0 Å². The molecule has 1 aromatic heterocycles. The Morgan fingerprint density at radius 3 is 2.18 bits per heavy atom. The van der Waals surface area contributed by atoms with Crippen molar-refractivity contribution in [3.63, 3.8) is 0 Å². The second-order valence-electron chi connectivity index (χ2n) is 7.45. The van der Waals surface area contributed by atoms with Crippen LogP contribution in [0.3, 0.4) is 0 Å². The van der Waals surface area contributed by atoms with Gasteiger partial charge in [0.1, 0.15) is 5.75 Å². The number of hydrogen-bond donors (Lipinski definition) is 0. The topological polar surface area (TPSA) is 101 Å². The third kappa shape index (κ3) is 6.61. The summed E-state index contributed by atoms with van der Waals surface area (Å²) in [6.45, 7) is 5.62. The highest BCUT2D eigenvalue weighted by atomic mass is 35.5. The number of esters is 3. The van der Waals surface area contributed by atoms with E-state index in [4.69, 9.17) is 30.5 Å². The fourth-order valence-electron chi connectivity index (χ4n) is 3.35. The number of rotatable bonds is 6. The minimum atomic E-state index is -1.04. The molecule has 1 fully saturated rings. The van der Waals surface area contributed by atoms with Gasteiger partial charge in [0, 0.05) is 44.0 Å². The molecule has 1 aliphatic rings. The lowest BCUT2D eigenvalue weighted by molar-refractivity contribution is -0.186. The van der Waals surface area contributed by atoms with Crippen LogP contribution in [-0.2, 0) is 28.6 Å². The van der Waals surface area contributed by atoms with E-state index in [-0.39, 0.29) is 5.75 Å². The van der Waals surface area contributed by atoms with Gasteiger partial charge in [0.2, 0.25) is 0 Å². The largest absolute Gasteiger partial charge is 0.474 e. The first-order chi connectivity index (χ1) is 15.6. The van der Waals surface area contributed by atoms with Gasteiger partial charge < -0.3 is 18.9 Å². The molecule has 1 saturated heterocycles. The molecule has 0 N–H and O–H groups in total. The Kier molecular flexibility index (Phi) is 8.20. The highest BCUT2D eigenvalue weighted by Crippen LogP contribution is 2.37. The van der Waals surface area contributed by atoms with Crippen LogP contribution in [0.2, 0.25) is 5.02 Å². The highest BCUT2D eigenvalue weighted by Gasteiger charge is 2.47. The van der Waals surface area contributed by atoms with E-state index in [0.717, 1.165) is 16.8 Å². The number of benzene rings is 1. The van der Waals surface area contributed by atoms with Crippen LogP contribution in [0.25, 0.3) is 11.1 Å². The lowest BCUT2D eigenvalue weighted by Crippen LogP contribution is -2.55. The molecule has 2 aromatic rings. The van der Waals surface area contributed by atoms with Crippen molar-refractivity contribution in [3.05, 3.63) is 47.2 Å². The summed E-state index contributed by atoms with van der Waals surface area (Å²) in [5, 5.41) is 0.354. The third-order valence-corrected chi connectivity index (χ3v) is 6.25. The predicted molar refractivity (Wildman–Crippen MR) is 123 cm³/mol. The van der Waals surface area contributed by atoms with Crippen molar-refractivity contribution >= 4 is 41.3 Å².